The number of nitrogens with zero attached hydrogens (tertiary/aromatic N) is 2. The van der Waals surface area contributed by atoms with Gasteiger partial charge >= 0.3 is 0 Å². The largest absolute Gasteiger partial charge is 0.504 e. The first-order valence-electron chi connectivity index (χ1n) is 10.4. The number of halogens is 1. The number of hydrogen-bond acceptors (Lipinski definition) is 5. The van der Waals surface area contributed by atoms with Crippen molar-refractivity contribution in [3.8, 4) is 11.5 Å². The van der Waals surface area contributed by atoms with Crippen molar-refractivity contribution < 1.29 is 14.3 Å². The molecule has 0 spiro atoms. The Morgan fingerprint density at radius 2 is 2.03 bits per heavy atom. The van der Waals surface area contributed by atoms with E-state index in [1.54, 1.807) is 19.4 Å². The van der Waals surface area contributed by atoms with Gasteiger partial charge in [0.05, 0.1) is 26.0 Å². The summed E-state index contributed by atoms with van der Waals surface area (Å²) < 4.78 is 10.9. The molecule has 1 unspecified atom stereocenters. The van der Waals surface area contributed by atoms with Gasteiger partial charge in [-0.05, 0) is 63.0 Å². The fraction of sp³-hybridized carbons (Fsp3) is 0.500. The molecule has 1 aliphatic heterocycles. The first-order valence-corrected chi connectivity index (χ1v) is 10.4. The molecule has 2 aromatic rings. The minimum absolute atomic E-state index is 0. The summed E-state index contributed by atoms with van der Waals surface area (Å²) in [6.07, 6.45) is 4.85. The summed E-state index contributed by atoms with van der Waals surface area (Å²) in [7, 11) is 1.56. The second-order valence-electron chi connectivity index (χ2n) is 7.14. The lowest BCUT2D eigenvalue weighted by molar-refractivity contribution is 0.221. The van der Waals surface area contributed by atoms with E-state index in [1.165, 1.54) is 12.8 Å². The van der Waals surface area contributed by atoms with E-state index in [1.807, 2.05) is 24.3 Å². The number of phenolic OH excluding ortho intramolecular Hbond substituents is 1. The Bertz CT molecular complexity index is 777. The molecule has 30 heavy (non-hydrogen) atoms. The molecular weight excluding hydrogens is 495 g/mol. The van der Waals surface area contributed by atoms with Crippen molar-refractivity contribution >= 4 is 29.9 Å². The minimum Gasteiger partial charge on any atom is -0.504 e. The molecule has 0 bridgehead atoms. The van der Waals surface area contributed by atoms with Crippen molar-refractivity contribution in [2.45, 2.75) is 32.2 Å². The number of nitrogens with one attached hydrogen (secondary N) is 2. The van der Waals surface area contributed by atoms with E-state index in [0.717, 1.165) is 36.9 Å². The Kier molecular flexibility index (Phi) is 10.3. The van der Waals surface area contributed by atoms with E-state index in [-0.39, 0.29) is 35.8 Å². The summed E-state index contributed by atoms with van der Waals surface area (Å²) in [5.74, 6) is 2.43. The van der Waals surface area contributed by atoms with Crippen LogP contribution in [0.5, 0.6) is 11.5 Å². The fourth-order valence-electron chi connectivity index (χ4n) is 3.69. The number of para-hydroxylation sites is 1. The third-order valence-electron chi connectivity index (χ3n) is 5.21. The zero-order valence-electron chi connectivity index (χ0n) is 17.8. The van der Waals surface area contributed by atoms with Gasteiger partial charge in [0.25, 0.3) is 0 Å². The Balaban J connectivity index is 0.00000320. The van der Waals surface area contributed by atoms with E-state index in [2.05, 4.69) is 22.5 Å². The summed E-state index contributed by atoms with van der Waals surface area (Å²) >= 11 is 0. The molecule has 7 nitrogen and oxygen atoms in total. The molecule has 3 N–H and O–H groups in total. The molecule has 3 rings (SSSR count). The molecule has 1 saturated heterocycles. The van der Waals surface area contributed by atoms with Gasteiger partial charge in [-0.2, -0.15) is 0 Å². The summed E-state index contributed by atoms with van der Waals surface area (Å²) in [5, 5.41) is 16.9. The van der Waals surface area contributed by atoms with Crippen LogP contribution in [-0.2, 0) is 6.42 Å². The Morgan fingerprint density at radius 3 is 2.70 bits per heavy atom. The normalized spacial score (nSPS) is 15.5. The molecule has 1 aliphatic rings. The molecule has 1 atom stereocenters. The standard InChI is InChI=1S/C22H32N4O3.HI/c1-3-23-22(24-12-11-17-8-6-9-20(28-2)21(17)27)25-16-18(19-10-7-15-29-19)26-13-4-5-14-26;/h6-10,15,18,27H,3-5,11-14,16H2,1-2H3,(H2,23,24,25);1H. The average Bonchev–Trinajstić information content (AvgIpc) is 3.44. The van der Waals surface area contributed by atoms with Crippen molar-refractivity contribution in [3.05, 3.63) is 47.9 Å². The number of rotatable bonds is 9. The number of methoxy groups -OCH3 is 1. The molecule has 2 heterocycles. The first-order chi connectivity index (χ1) is 14.2. The number of benzene rings is 1. The maximum Gasteiger partial charge on any atom is 0.191 e. The third-order valence-corrected chi connectivity index (χ3v) is 5.21. The Labute approximate surface area is 195 Å². The molecule has 8 heteroatoms. The van der Waals surface area contributed by atoms with Crippen LogP contribution in [0.15, 0.2) is 46.0 Å². The molecule has 0 saturated carbocycles. The van der Waals surface area contributed by atoms with Crippen LogP contribution in [0.1, 0.15) is 37.1 Å². The number of phenols is 1. The lowest BCUT2D eigenvalue weighted by Crippen LogP contribution is -2.39. The van der Waals surface area contributed by atoms with Crippen molar-refractivity contribution in [1.82, 2.24) is 15.5 Å². The zero-order chi connectivity index (χ0) is 20.5. The predicted octanol–water partition coefficient (Wildman–Crippen LogP) is 3.55. The molecular formula is C22H33IN4O3. The molecule has 1 fully saturated rings. The number of ether oxygens (including phenoxy) is 1. The first kappa shape index (κ1) is 24.3. The van der Waals surface area contributed by atoms with Gasteiger partial charge in [-0.25, -0.2) is 0 Å². The highest BCUT2D eigenvalue weighted by Crippen LogP contribution is 2.29. The number of guanidine groups is 1. The average molecular weight is 528 g/mol. The maximum absolute atomic E-state index is 10.2. The SMILES string of the molecule is CCNC(=NCC(c1ccco1)N1CCCC1)NCCc1cccc(OC)c1O.I. The Morgan fingerprint density at radius 1 is 1.23 bits per heavy atom. The lowest BCUT2D eigenvalue weighted by atomic mass is 10.1. The van der Waals surface area contributed by atoms with Crippen molar-refractivity contribution in [2.24, 2.45) is 4.99 Å². The van der Waals surface area contributed by atoms with Crippen molar-refractivity contribution in [1.29, 1.82) is 0 Å². The monoisotopic (exact) mass is 528 g/mol. The number of furan rings is 1. The minimum atomic E-state index is 0. The van der Waals surface area contributed by atoms with Crippen molar-refractivity contribution in [2.75, 3.05) is 39.8 Å². The van der Waals surface area contributed by atoms with Crippen LogP contribution in [0, 0.1) is 0 Å². The number of aromatic hydroxyl groups is 1. The molecule has 0 aliphatic carbocycles. The second kappa shape index (κ2) is 12.7. The van der Waals surface area contributed by atoms with Gasteiger partial charge in [0, 0.05) is 13.1 Å². The summed E-state index contributed by atoms with van der Waals surface area (Å²) in [4.78, 5) is 7.25. The molecule has 1 aromatic carbocycles. The van der Waals surface area contributed by atoms with E-state index in [0.29, 0.717) is 25.3 Å². The van der Waals surface area contributed by atoms with Crippen LogP contribution >= 0.6 is 24.0 Å². The molecule has 0 radical (unpaired) electrons. The quantitative estimate of drug-likeness (QED) is 0.263. The number of hydrogen-bond donors (Lipinski definition) is 3. The third kappa shape index (κ3) is 6.53. The maximum atomic E-state index is 10.2. The smallest absolute Gasteiger partial charge is 0.191 e. The van der Waals surface area contributed by atoms with Gasteiger partial charge in [0.1, 0.15) is 5.76 Å². The van der Waals surface area contributed by atoms with Crippen LogP contribution in [0.3, 0.4) is 0 Å². The van der Waals surface area contributed by atoms with Gasteiger partial charge in [0.15, 0.2) is 17.5 Å². The molecule has 166 valence electrons. The van der Waals surface area contributed by atoms with Crippen LogP contribution in [-0.4, -0.2) is 55.8 Å². The molecule has 1 aromatic heterocycles. The highest BCUT2D eigenvalue weighted by atomic mass is 127. The summed E-state index contributed by atoms with van der Waals surface area (Å²) in [5.41, 5.74) is 0.846. The van der Waals surface area contributed by atoms with Crippen LogP contribution < -0.4 is 15.4 Å². The highest BCUT2D eigenvalue weighted by Gasteiger charge is 2.25. The number of aliphatic imine (C=N–C) groups is 1. The van der Waals surface area contributed by atoms with Gasteiger partial charge in [0.2, 0.25) is 0 Å². The zero-order valence-corrected chi connectivity index (χ0v) is 20.1. The van der Waals surface area contributed by atoms with Gasteiger partial charge < -0.3 is 24.9 Å². The lowest BCUT2D eigenvalue weighted by Gasteiger charge is -2.24. The van der Waals surface area contributed by atoms with E-state index >= 15 is 0 Å². The van der Waals surface area contributed by atoms with Crippen LogP contribution in [0.25, 0.3) is 0 Å². The summed E-state index contributed by atoms with van der Waals surface area (Å²) in [6.45, 7) is 6.29. The van der Waals surface area contributed by atoms with Gasteiger partial charge in [-0.15, -0.1) is 24.0 Å². The van der Waals surface area contributed by atoms with E-state index < -0.39 is 0 Å². The predicted molar refractivity (Wildman–Crippen MR) is 130 cm³/mol. The van der Waals surface area contributed by atoms with E-state index in [4.69, 9.17) is 14.1 Å². The van der Waals surface area contributed by atoms with Gasteiger partial charge in [-0.3, -0.25) is 9.89 Å². The highest BCUT2D eigenvalue weighted by molar-refractivity contribution is 14.0. The number of likely N-dealkylation sites (tertiary alicyclic amines) is 1. The van der Waals surface area contributed by atoms with E-state index in [9.17, 15) is 5.11 Å². The van der Waals surface area contributed by atoms with Crippen molar-refractivity contribution in [3.63, 3.8) is 0 Å². The van der Waals surface area contributed by atoms with Crippen LogP contribution in [0.4, 0.5) is 0 Å². The molecule has 0 amide bonds. The second-order valence-corrected chi connectivity index (χ2v) is 7.14. The summed E-state index contributed by atoms with van der Waals surface area (Å²) in [6, 6.07) is 9.67. The Hall–Kier alpha value is -1.94. The topological polar surface area (TPSA) is 82.3 Å². The fourth-order valence-corrected chi connectivity index (χ4v) is 3.69. The van der Waals surface area contributed by atoms with Gasteiger partial charge in [-0.1, -0.05) is 12.1 Å². The van der Waals surface area contributed by atoms with Crippen LogP contribution in [0.2, 0.25) is 0 Å².